The fourth-order valence-corrected chi connectivity index (χ4v) is 3.16. The average Bonchev–Trinajstić information content (AvgIpc) is 3.28. The van der Waals surface area contributed by atoms with Gasteiger partial charge in [0.05, 0.1) is 34.9 Å². The van der Waals surface area contributed by atoms with Crippen LogP contribution in [-0.2, 0) is 6.54 Å². The van der Waals surface area contributed by atoms with E-state index in [0.717, 1.165) is 40.1 Å². The van der Waals surface area contributed by atoms with Crippen LogP contribution in [0.25, 0.3) is 22.2 Å². The number of aromatic nitrogens is 6. The maximum atomic E-state index is 4.79. The van der Waals surface area contributed by atoms with Gasteiger partial charge in [-0.3, -0.25) is 9.99 Å². The number of fused-ring (bicyclic) bond motifs is 2. The van der Waals surface area contributed by atoms with E-state index in [-0.39, 0.29) is 5.92 Å². The van der Waals surface area contributed by atoms with E-state index in [2.05, 4.69) is 25.4 Å². The second-order valence-corrected chi connectivity index (χ2v) is 6.38. The number of hydrazone groups is 1. The van der Waals surface area contributed by atoms with Crippen molar-refractivity contribution in [1.29, 1.82) is 0 Å². The van der Waals surface area contributed by atoms with Crippen molar-refractivity contribution in [2.75, 3.05) is 13.6 Å². The number of rotatable bonds is 3. The van der Waals surface area contributed by atoms with Crippen molar-refractivity contribution in [3.8, 4) is 0 Å². The number of pyridine rings is 3. The van der Waals surface area contributed by atoms with E-state index < -0.39 is 0 Å². The van der Waals surface area contributed by atoms with Gasteiger partial charge in [0.2, 0.25) is 0 Å². The van der Waals surface area contributed by atoms with Crippen LogP contribution >= 0.6 is 0 Å². The molecule has 0 aliphatic carbocycles. The Labute approximate surface area is 149 Å². The predicted molar refractivity (Wildman–Crippen MR) is 97.8 cm³/mol. The van der Waals surface area contributed by atoms with Crippen LogP contribution < -0.4 is 0 Å². The van der Waals surface area contributed by atoms with Crippen LogP contribution in [0.15, 0.2) is 47.7 Å². The summed E-state index contributed by atoms with van der Waals surface area (Å²) < 4.78 is 1.79. The van der Waals surface area contributed by atoms with Crippen LogP contribution in [0.5, 0.6) is 0 Å². The first-order valence-electron chi connectivity index (χ1n) is 8.42. The largest absolute Gasteiger partial charge is 0.299 e. The minimum Gasteiger partial charge on any atom is -0.299 e. The SMILES string of the molecule is CN1CC(c2ccc3nnn(Cc4ccc5ncccc5n4)c3n2)C=N1. The van der Waals surface area contributed by atoms with Gasteiger partial charge in [-0.2, -0.15) is 5.10 Å². The first-order valence-corrected chi connectivity index (χ1v) is 8.42. The van der Waals surface area contributed by atoms with Gasteiger partial charge in [-0.1, -0.05) is 5.21 Å². The number of hydrogen-bond acceptors (Lipinski definition) is 7. The van der Waals surface area contributed by atoms with Gasteiger partial charge in [-0.15, -0.1) is 5.10 Å². The summed E-state index contributed by atoms with van der Waals surface area (Å²) in [5.74, 6) is 0.192. The van der Waals surface area contributed by atoms with Crippen LogP contribution in [0, 0.1) is 0 Å². The molecule has 4 aromatic rings. The normalized spacial score (nSPS) is 16.8. The molecule has 1 aliphatic rings. The lowest BCUT2D eigenvalue weighted by atomic mass is 10.1. The summed E-state index contributed by atoms with van der Waals surface area (Å²) in [4.78, 5) is 13.8. The zero-order valence-corrected chi connectivity index (χ0v) is 14.2. The van der Waals surface area contributed by atoms with Gasteiger partial charge in [0, 0.05) is 26.0 Å². The Bertz CT molecular complexity index is 1130. The molecule has 5 heterocycles. The molecule has 0 saturated carbocycles. The molecule has 26 heavy (non-hydrogen) atoms. The van der Waals surface area contributed by atoms with Crippen LogP contribution in [0.4, 0.5) is 0 Å². The fourth-order valence-electron chi connectivity index (χ4n) is 3.16. The summed E-state index contributed by atoms with van der Waals surface area (Å²) in [6, 6.07) is 11.7. The molecule has 1 atom stereocenters. The smallest absolute Gasteiger partial charge is 0.179 e. The predicted octanol–water partition coefficient (Wildman–Crippen LogP) is 1.83. The molecule has 8 heteroatoms. The molecule has 128 valence electrons. The molecule has 8 nitrogen and oxygen atoms in total. The van der Waals surface area contributed by atoms with Gasteiger partial charge in [0.15, 0.2) is 5.65 Å². The fraction of sp³-hybridized carbons (Fsp3) is 0.222. The molecule has 0 radical (unpaired) electrons. The highest BCUT2D eigenvalue weighted by atomic mass is 15.5. The third kappa shape index (κ3) is 2.55. The van der Waals surface area contributed by atoms with Crippen molar-refractivity contribution in [3.05, 3.63) is 54.0 Å². The van der Waals surface area contributed by atoms with Gasteiger partial charge >= 0.3 is 0 Å². The number of hydrogen-bond donors (Lipinski definition) is 0. The van der Waals surface area contributed by atoms with Gasteiger partial charge in [0.1, 0.15) is 5.52 Å². The minimum atomic E-state index is 0.192. The molecule has 4 aromatic heterocycles. The Morgan fingerprint density at radius 1 is 1.04 bits per heavy atom. The first-order chi connectivity index (χ1) is 12.8. The van der Waals surface area contributed by atoms with Crippen LogP contribution in [-0.4, -0.2) is 54.8 Å². The molecule has 0 spiro atoms. The highest BCUT2D eigenvalue weighted by molar-refractivity contribution is 5.74. The number of likely N-dealkylation sites (N-methyl/N-ethyl adjacent to an activating group) is 1. The van der Waals surface area contributed by atoms with Crippen LogP contribution in [0.1, 0.15) is 17.3 Å². The summed E-state index contributed by atoms with van der Waals surface area (Å²) in [6.07, 6.45) is 3.70. The highest BCUT2D eigenvalue weighted by Crippen LogP contribution is 2.20. The van der Waals surface area contributed by atoms with E-state index in [1.54, 1.807) is 10.9 Å². The van der Waals surface area contributed by atoms with E-state index in [1.807, 2.05) is 54.7 Å². The van der Waals surface area contributed by atoms with Crippen molar-refractivity contribution in [2.24, 2.45) is 5.10 Å². The highest BCUT2D eigenvalue weighted by Gasteiger charge is 2.19. The molecule has 1 aliphatic heterocycles. The molecule has 0 aromatic carbocycles. The van der Waals surface area contributed by atoms with Gasteiger partial charge in [0.25, 0.3) is 0 Å². The van der Waals surface area contributed by atoms with Crippen molar-refractivity contribution in [1.82, 2.24) is 35.0 Å². The quantitative estimate of drug-likeness (QED) is 0.564. The molecular weight excluding hydrogens is 328 g/mol. The number of nitrogens with zero attached hydrogens (tertiary/aromatic N) is 8. The summed E-state index contributed by atoms with van der Waals surface area (Å²) >= 11 is 0. The van der Waals surface area contributed by atoms with Crippen molar-refractivity contribution < 1.29 is 0 Å². The molecule has 0 amide bonds. The lowest BCUT2D eigenvalue weighted by Gasteiger charge is -2.10. The van der Waals surface area contributed by atoms with E-state index in [9.17, 15) is 0 Å². The zero-order chi connectivity index (χ0) is 17.5. The Kier molecular flexibility index (Phi) is 3.34. The van der Waals surface area contributed by atoms with Crippen molar-refractivity contribution in [3.63, 3.8) is 0 Å². The average molecular weight is 344 g/mol. The molecular formula is C18H16N8. The molecule has 0 fully saturated rings. The summed E-state index contributed by atoms with van der Waals surface area (Å²) in [5.41, 5.74) is 5.16. The maximum absolute atomic E-state index is 4.79. The lowest BCUT2D eigenvalue weighted by Crippen LogP contribution is -2.13. The molecule has 5 rings (SSSR count). The van der Waals surface area contributed by atoms with Crippen LogP contribution in [0.2, 0.25) is 0 Å². The molecule has 1 unspecified atom stereocenters. The molecule has 0 bridgehead atoms. The molecule has 0 N–H and O–H groups in total. The standard InChI is InChI=1S/C18H16N8/c1-25-10-12(9-20-25)14-6-7-17-18(22-14)26(24-23-17)11-13-4-5-15-16(21-13)3-2-8-19-15/h2-9,12H,10-11H2,1H3. The van der Waals surface area contributed by atoms with Crippen molar-refractivity contribution >= 4 is 28.4 Å². The van der Waals surface area contributed by atoms with Crippen LogP contribution in [0.3, 0.4) is 0 Å². The van der Waals surface area contributed by atoms with Gasteiger partial charge in [-0.05, 0) is 36.4 Å². The van der Waals surface area contributed by atoms with Gasteiger partial charge < -0.3 is 0 Å². The Hall–Kier alpha value is -3.42. The van der Waals surface area contributed by atoms with Gasteiger partial charge in [-0.25, -0.2) is 14.6 Å². The van der Waals surface area contributed by atoms with Crippen molar-refractivity contribution in [2.45, 2.75) is 12.5 Å². The first kappa shape index (κ1) is 14.9. The zero-order valence-electron chi connectivity index (χ0n) is 14.2. The maximum Gasteiger partial charge on any atom is 0.179 e. The third-order valence-corrected chi connectivity index (χ3v) is 4.49. The monoisotopic (exact) mass is 344 g/mol. The minimum absolute atomic E-state index is 0.192. The lowest BCUT2D eigenvalue weighted by molar-refractivity contribution is 0.380. The topological polar surface area (TPSA) is 85.0 Å². The summed E-state index contributed by atoms with van der Waals surface area (Å²) in [5, 5.41) is 14.7. The second kappa shape index (κ2) is 5.83. The van der Waals surface area contributed by atoms with E-state index in [1.165, 1.54) is 0 Å². The Balaban J connectivity index is 1.50. The Morgan fingerprint density at radius 2 is 1.96 bits per heavy atom. The van der Waals surface area contributed by atoms with E-state index >= 15 is 0 Å². The third-order valence-electron chi connectivity index (χ3n) is 4.49. The Morgan fingerprint density at radius 3 is 2.85 bits per heavy atom. The van der Waals surface area contributed by atoms with E-state index in [0.29, 0.717) is 6.54 Å². The summed E-state index contributed by atoms with van der Waals surface area (Å²) in [7, 11) is 1.96. The van der Waals surface area contributed by atoms with E-state index in [4.69, 9.17) is 4.98 Å². The molecule has 0 saturated heterocycles. The second-order valence-electron chi connectivity index (χ2n) is 6.38. The summed E-state index contributed by atoms with van der Waals surface area (Å²) in [6.45, 7) is 1.34.